The highest BCUT2D eigenvalue weighted by Gasteiger charge is 2.13. The van der Waals surface area contributed by atoms with Gasteiger partial charge in [-0.15, -0.1) is 0 Å². The smallest absolute Gasteiger partial charge is 0.337 e. The van der Waals surface area contributed by atoms with Crippen molar-refractivity contribution in [2.75, 3.05) is 11.5 Å². The van der Waals surface area contributed by atoms with Crippen molar-refractivity contribution >= 4 is 11.5 Å². The summed E-state index contributed by atoms with van der Waals surface area (Å²) in [4.78, 5) is 23.5. The summed E-state index contributed by atoms with van der Waals surface area (Å²) in [5.41, 5.74) is 10.00. The van der Waals surface area contributed by atoms with Crippen LogP contribution in [0.3, 0.4) is 0 Å². The lowest BCUT2D eigenvalue weighted by molar-refractivity contribution is 0.627. The number of hydrogen-bond donors (Lipinski definition) is 2. The lowest BCUT2D eigenvalue weighted by atomic mass is 10.3. The van der Waals surface area contributed by atoms with Crippen LogP contribution in [0.1, 0.15) is 0 Å². The van der Waals surface area contributed by atoms with Gasteiger partial charge in [0.2, 0.25) is 0 Å². The van der Waals surface area contributed by atoms with Crippen molar-refractivity contribution in [2.45, 2.75) is 0 Å². The average Bonchev–Trinajstić information content (AvgIpc) is 2.36. The molecule has 0 fully saturated rings. The van der Waals surface area contributed by atoms with Gasteiger partial charge in [0.05, 0.1) is 5.69 Å². The molecule has 0 saturated carbocycles. The van der Waals surface area contributed by atoms with Crippen LogP contribution in [-0.2, 0) is 7.05 Å². The molecule has 1 aromatic heterocycles. The number of halogens is 1. The third kappa shape index (κ3) is 1.65. The Hall–Kier alpha value is -2.57. The molecule has 0 aliphatic carbocycles. The van der Waals surface area contributed by atoms with Gasteiger partial charge in [-0.05, 0) is 24.3 Å². The van der Waals surface area contributed by atoms with E-state index in [1.807, 2.05) is 0 Å². The van der Waals surface area contributed by atoms with Crippen LogP contribution in [0.5, 0.6) is 0 Å². The quantitative estimate of drug-likeness (QED) is 0.735. The van der Waals surface area contributed by atoms with Crippen molar-refractivity contribution in [3.8, 4) is 5.69 Å². The van der Waals surface area contributed by atoms with Gasteiger partial charge in [0.15, 0.2) is 0 Å². The third-order valence-corrected chi connectivity index (χ3v) is 2.61. The van der Waals surface area contributed by atoms with Crippen LogP contribution in [0.2, 0.25) is 0 Å². The Labute approximate surface area is 101 Å². The maximum atomic E-state index is 12.8. The zero-order valence-corrected chi connectivity index (χ0v) is 9.55. The largest absolute Gasteiger partial charge is 0.391 e. The average molecular weight is 250 g/mol. The van der Waals surface area contributed by atoms with Gasteiger partial charge in [0, 0.05) is 7.05 Å². The molecule has 0 aliphatic heterocycles. The van der Waals surface area contributed by atoms with E-state index in [9.17, 15) is 14.0 Å². The van der Waals surface area contributed by atoms with E-state index in [0.29, 0.717) is 5.69 Å². The van der Waals surface area contributed by atoms with Gasteiger partial charge in [0.1, 0.15) is 17.3 Å². The summed E-state index contributed by atoms with van der Waals surface area (Å²) in [7, 11) is 1.29. The number of hydrogen-bond acceptors (Lipinski definition) is 4. The van der Waals surface area contributed by atoms with Gasteiger partial charge in [0.25, 0.3) is 5.56 Å². The van der Waals surface area contributed by atoms with E-state index in [0.717, 1.165) is 9.13 Å². The third-order valence-electron chi connectivity index (χ3n) is 2.61. The van der Waals surface area contributed by atoms with E-state index in [1.54, 1.807) is 0 Å². The van der Waals surface area contributed by atoms with Crippen molar-refractivity contribution in [3.63, 3.8) is 0 Å². The molecule has 7 heteroatoms. The van der Waals surface area contributed by atoms with Gasteiger partial charge in [-0.2, -0.15) is 0 Å². The van der Waals surface area contributed by atoms with Crippen LogP contribution >= 0.6 is 0 Å². The van der Waals surface area contributed by atoms with E-state index < -0.39 is 17.1 Å². The molecule has 0 amide bonds. The summed E-state index contributed by atoms with van der Waals surface area (Å²) < 4.78 is 14.7. The zero-order chi connectivity index (χ0) is 13.4. The minimum absolute atomic E-state index is 0.158. The molecule has 2 rings (SSSR count). The van der Waals surface area contributed by atoms with Gasteiger partial charge >= 0.3 is 5.69 Å². The van der Waals surface area contributed by atoms with Crippen molar-refractivity contribution in [1.29, 1.82) is 0 Å². The van der Waals surface area contributed by atoms with Crippen molar-refractivity contribution in [1.82, 2.24) is 9.13 Å². The Balaban J connectivity index is 2.84. The first kappa shape index (κ1) is 11.9. The lowest BCUT2D eigenvalue weighted by Crippen LogP contribution is -2.40. The Bertz CT molecular complexity index is 716. The molecule has 6 nitrogen and oxygen atoms in total. The topological polar surface area (TPSA) is 96.0 Å². The summed E-state index contributed by atoms with van der Waals surface area (Å²) in [6.07, 6.45) is 0. The Morgan fingerprint density at radius 3 is 2.22 bits per heavy atom. The van der Waals surface area contributed by atoms with Gasteiger partial charge < -0.3 is 11.5 Å². The second-order valence-corrected chi connectivity index (χ2v) is 3.76. The fourth-order valence-electron chi connectivity index (χ4n) is 1.59. The minimum atomic E-state index is -0.657. The van der Waals surface area contributed by atoms with E-state index in [1.165, 1.54) is 31.3 Å². The molecule has 1 heterocycles. The zero-order valence-electron chi connectivity index (χ0n) is 9.55. The monoisotopic (exact) mass is 250 g/mol. The Kier molecular flexibility index (Phi) is 2.66. The Morgan fingerprint density at radius 2 is 1.67 bits per heavy atom. The second-order valence-electron chi connectivity index (χ2n) is 3.76. The SMILES string of the molecule is Cn1c(=O)c(N)c(N)n(-c2ccc(F)cc2)c1=O. The van der Waals surface area contributed by atoms with Crippen molar-refractivity contribution < 1.29 is 4.39 Å². The molecule has 1 aromatic carbocycles. The Morgan fingerprint density at radius 1 is 1.11 bits per heavy atom. The molecule has 0 saturated heterocycles. The highest BCUT2D eigenvalue weighted by molar-refractivity contribution is 5.60. The first-order valence-electron chi connectivity index (χ1n) is 5.06. The normalized spacial score (nSPS) is 10.6. The highest BCUT2D eigenvalue weighted by Crippen LogP contribution is 2.13. The number of nitrogen functional groups attached to an aromatic ring is 2. The van der Waals surface area contributed by atoms with Crippen LogP contribution < -0.4 is 22.7 Å². The first-order valence-corrected chi connectivity index (χ1v) is 5.06. The summed E-state index contributed by atoms with van der Waals surface area (Å²) in [5, 5.41) is 0. The molecule has 94 valence electrons. The summed E-state index contributed by atoms with van der Waals surface area (Å²) >= 11 is 0. The second kappa shape index (κ2) is 4.02. The number of benzene rings is 1. The van der Waals surface area contributed by atoms with Crippen LogP contribution in [-0.4, -0.2) is 9.13 Å². The van der Waals surface area contributed by atoms with Crippen LogP contribution in [0.4, 0.5) is 15.9 Å². The van der Waals surface area contributed by atoms with Crippen LogP contribution in [0.15, 0.2) is 33.9 Å². The molecule has 0 atom stereocenters. The van der Waals surface area contributed by atoms with Gasteiger partial charge in [-0.3, -0.25) is 9.36 Å². The predicted molar refractivity (Wildman–Crippen MR) is 66.1 cm³/mol. The molecule has 2 aromatic rings. The van der Waals surface area contributed by atoms with Crippen molar-refractivity contribution in [3.05, 3.63) is 50.9 Å². The molecule has 0 spiro atoms. The lowest BCUT2D eigenvalue weighted by Gasteiger charge is -2.12. The molecule has 0 radical (unpaired) electrons. The minimum Gasteiger partial charge on any atom is -0.391 e. The maximum Gasteiger partial charge on any atom is 0.337 e. The summed E-state index contributed by atoms with van der Waals surface area (Å²) in [6.45, 7) is 0. The van der Waals surface area contributed by atoms with E-state index in [2.05, 4.69) is 0 Å². The number of nitrogens with two attached hydrogens (primary N) is 2. The standard InChI is InChI=1S/C11H11FN4O2/c1-15-10(17)8(13)9(14)16(11(15)18)7-4-2-6(12)3-5-7/h2-5H,13-14H2,1H3. The van der Waals surface area contributed by atoms with Crippen LogP contribution in [0.25, 0.3) is 5.69 Å². The van der Waals surface area contributed by atoms with Gasteiger partial charge in [-0.25, -0.2) is 13.8 Å². The molecule has 0 aliphatic rings. The highest BCUT2D eigenvalue weighted by atomic mass is 19.1. The molecule has 18 heavy (non-hydrogen) atoms. The molecule has 0 unspecified atom stereocenters. The van der Waals surface area contributed by atoms with E-state index in [4.69, 9.17) is 11.5 Å². The number of aromatic nitrogens is 2. The molecule has 4 N–H and O–H groups in total. The number of anilines is 2. The van der Waals surface area contributed by atoms with Crippen LogP contribution in [0, 0.1) is 5.82 Å². The summed E-state index contributed by atoms with van der Waals surface area (Å²) in [6, 6.07) is 5.11. The first-order chi connectivity index (χ1) is 8.43. The van der Waals surface area contributed by atoms with Crippen molar-refractivity contribution in [2.24, 2.45) is 7.05 Å². The fraction of sp³-hybridized carbons (Fsp3) is 0.0909. The number of nitrogens with zero attached hydrogens (tertiary/aromatic N) is 2. The fourth-order valence-corrected chi connectivity index (χ4v) is 1.59. The molecular formula is C11H11FN4O2. The number of rotatable bonds is 1. The van der Waals surface area contributed by atoms with Gasteiger partial charge in [-0.1, -0.05) is 0 Å². The van der Waals surface area contributed by atoms with E-state index >= 15 is 0 Å². The summed E-state index contributed by atoms with van der Waals surface area (Å²) in [5.74, 6) is -0.599. The van der Waals surface area contributed by atoms with E-state index in [-0.39, 0.29) is 11.5 Å². The predicted octanol–water partition coefficient (Wildman–Crippen LogP) is -0.160. The molecular weight excluding hydrogens is 239 g/mol. The molecule has 0 bridgehead atoms. The maximum absolute atomic E-state index is 12.8.